The van der Waals surface area contributed by atoms with E-state index in [-0.39, 0.29) is 0 Å². The number of nitrogens with two attached hydrogens (primary N) is 1. The van der Waals surface area contributed by atoms with E-state index < -0.39 is 0 Å². The molecule has 1 aliphatic heterocycles. The van der Waals surface area contributed by atoms with Crippen molar-refractivity contribution in [3.8, 4) is 5.75 Å². The van der Waals surface area contributed by atoms with Crippen molar-refractivity contribution in [1.82, 2.24) is 0 Å². The molecule has 1 aromatic carbocycles. The van der Waals surface area contributed by atoms with Gasteiger partial charge in [0.25, 0.3) is 0 Å². The van der Waals surface area contributed by atoms with Gasteiger partial charge in [-0.05, 0) is 43.7 Å². The Hall–Kier alpha value is -1.38. The van der Waals surface area contributed by atoms with Crippen molar-refractivity contribution in [2.75, 3.05) is 30.3 Å². The Kier molecular flexibility index (Phi) is 4.56. The van der Waals surface area contributed by atoms with Crippen LogP contribution in [0.3, 0.4) is 0 Å². The Labute approximate surface area is 116 Å². The summed E-state index contributed by atoms with van der Waals surface area (Å²) in [6.07, 6.45) is 2.57. The lowest BCUT2D eigenvalue weighted by atomic mass is 9.86. The van der Waals surface area contributed by atoms with Crippen molar-refractivity contribution < 1.29 is 4.74 Å². The summed E-state index contributed by atoms with van der Waals surface area (Å²) in [6.45, 7) is 9.58. The van der Waals surface area contributed by atoms with Crippen molar-refractivity contribution in [1.29, 1.82) is 0 Å². The van der Waals surface area contributed by atoms with Crippen LogP contribution >= 0.6 is 0 Å². The summed E-state index contributed by atoms with van der Waals surface area (Å²) in [6, 6.07) is 6.14. The minimum absolute atomic E-state index is 0.656. The zero-order valence-corrected chi connectivity index (χ0v) is 12.4. The highest BCUT2D eigenvalue weighted by Gasteiger charge is 2.22. The molecule has 0 bridgehead atoms. The minimum atomic E-state index is 0.656. The van der Waals surface area contributed by atoms with Crippen LogP contribution in [-0.2, 0) is 0 Å². The second-order valence-electron chi connectivity index (χ2n) is 5.72. The molecule has 0 amide bonds. The molecule has 0 unspecified atom stereocenters. The summed E-state index contributed by atoms with van der Waals surface area (Å²) in [5.74, 6) is 2.48. The second-order valence-corrected chi connectivity index (χ2v) is 5.72. The number of hydrogen-bond donors (Lipinski definition) is 1. The van der Waals surface area contributed by atoms with Gasteiger partial charge in [0, 0.05) is 24.8 Å². The number of piperidine rings is 1. The molecule has 3 heteroatoms. The van der Waals surface area contributed by atoms with Gasteiger partial charge in [-0.15, -0.1) is 0 Å². The van der Waals surface area contributed by atoms with Gasteiger partial charge in [0.1, 0.15) is 5.75 Å². The molecule has 1 fully saturated rings. The maximum Gasteiger partial charge on any atom is 0.144 e. The lowest BCUT2D eigenvalue weighted by Gasteiger charge is -2.35. The van der Waals surface area contributed by atoms with E-state index >= 15 is 0 Å². The topological polar surface area (TPSA) is 38.5 Å². The summed E-state index contributed by atoms with van der Waals surface area (Å²) in [5, 5.41) is 0. The number of nitrogen functional groups attached to an aromatic ring is 1. The minimum Gasteiger partial charge on any atom is -0.492 e. The van der Waals surface area contributed by atoms with Crippen LogP contribution in [0.4, 0.5) is 11.4 Å². The monoisotopic (exact) mass is 262 g/mol. The normalized spacial score (nSPS) is 16.9. The molecule has 2 N–H and O–H groups in total. The quantitative estimate of drug-likeness (QED) is 0.843. The number of nitrogens with zero attached hydrogens (tertiary/aromatic N) is 1. The standard InChI is InChI=1S/C16H26N2O/c1-4-19-16-11-14(5-6-15(16)17)18-9-7-13(8-10-18)12(2)3/h5-6,11-13H,4,7-10,17H2,1-3H3. The van der Waals surface area contributed by atoms with Crippen LogP contribution in [-0.4, -0.2) is 19.7 Å². The van der Waals surface area contributed by atoms with E-state index in [0.29, 0.717) is 6.61 Å². The van der Waals surface area contributed by atoms with Crippen LogP contribution < -0.4 is 15.4 Å². The molecule has 2 rings (SSSR count). The Balaban J connectivity index is 2.05. The fourth-order valence-corrected chi connectivity index (χ4v) is 2.82. The molecule has 0 atom stereocenters. The average Bonchev–Trinajstić information content (AvgIpc) is 2.41. The van der Waals surface area contributed by atoms with Gasteiger partial charge in [0.15, 0.2) is 0 Å². The van der Waals surface area contributed by atoms with Gasteiger partial charge in [0.05, 0.1) is 12.3 Å². The van der Waals surface area contributed by atoms with Gasteiger partial charge in [-0.2, -0.15) is 0 Å². The molecule has 1 heterocycles. The average molecular weight is 262 g/mol. The smallest absolute Gasteiger partial charge is 0.144 e. The second kappa shape index (κ2) is 6.18. The summed E-state index contributed by atoms with van der Waals surface area (Å²) in [4.78, 5) is 2.45. The summed E-state index contributed by atoms with van der Waals surface area (Å²) in [7, 11) is 0. The zero-order valence-electron chi connectivity index (χ0n) is 12.4. The number of anilines is 2. The van der Waals surface area contributed by atoms with E-state index in [1.807, 2.05) is 13.0 Å². The third kappa shape index (κ3) is 3.34. The first kappa shape index (κ1) is 14.0. The first-order chi connectivity index (χ1) is 9.11. The van der Waals surface area contributed by atoms with E-state index in [1.165, 1.54) is 18.5 Å². The zero-order chi connectivity index (χ0) is 13.8. The van der Waals surface area contributed by atoms with Gasteiger partial charge in [-0.25, -0.2) is 0 Å². The van der Waals surface area contributed by atoms with E-state index in [4.69, 9.17) is 10.5 Å². The van der Waals surface area contributed by atoms with Crippen molar-refractivity contribution >= 4 is 11.4 Å². The maximum atomic E-state index is 5.92. The number of hydrogen-bond acceptors (Lipinski definition) is 3. The largest absolute Gasteiger partial charge is 0.492 e. The van der Waals surface area contributed by atoms with Crippen LogP contribution in [0.2, 0.25) is 0 Å². The highest BCUT2D eigenvalue weighted by molar-refractivity contribution is 5.62. The number of benzene rings is 1. The van der Waals surface area contributed by atoms with Gasteiger partial charge in [0.2, 0.25) is 0 Å². The van der Waals surface area contributed by atoms with Crippen LogP contribution in [0.1, 0.15) is 33.6 Å². The third-order valence-electron chi connectivity index (χ3n) is 4.14. The van der Waals surface area contributed by atoms with Crippen molar-refractivity contribution in [3.63, 3.8) is 0 Å². The Morgan fingerprint density at radius 1 is 1.32 bits per heavy atom. The molecule has 1 aliphatic rings. The van der Waals surface area contributed by atoms with Crippen molar-refractivity contribution in [2.24, 2.45) is 11.8 Å². The Bertz CT molecular complexity index is 409. The molecule has 19 heavy (non-hydrogen) atoms. The highest BCUT2D eigenvalue weighted by Crippen LogP contribution is 2.32. The number of ether oxygens (including phenoxy) is 1. The van der Waals surface area contributed by atoms with Gasteiger partial charge < -0.3 is 15.4 Å². The van der Waals surface area contributed by atoms with Crippen molar-refractivity contribution in [3.05, 3.63) is 18.2 Å². The molecule has 0 radical (unpaired) electrons. The number of rotatable bonds is 4. The van der Waals surface area contributed by atoms with Crippen LogP contribution in [0, 0.1) is 11.8 Å². The van der Waals surface area contributed by atoms with E-state index in [0.717, 1.165) is 36.4 Å². The van der Waals surface area contributed by atoms with E-state index in [2.05, 4.69) is 30.9 Å². The lowest BCUT2D eigenvalue weighted by Crippen LogP contribution is -2.35. The molecule has 0 aliphatic carbocycles. The SMILES string of the molecule is CCOc1cc(N2CCC(C(C)C)CC2)ccc1N. The van der Waals surface area contributed by atoms with Crippen LogP contribution in [0.5, 0.6) is 5.75 Å². The molecule has 1 aromatic rings. The van der Waals surface area contributed by atoms with Gasteiger partial charge >= 0.3 is 0 Å². The predicted molar refractivity (Wildman–Crippen MR) is 81.8 cm³/mol. The molecule has 1 saturated heterocycles. The first-order valence-corrected chi connectivity index (χ1v) is 7.39. The fourth-order valence-electron chi connectivity index (χ4n) is 2.82. The summed E-state index contributed by atoms with van der Waals surface area (Å²) >= 11 is 0. The molecule has 3 nitrogen and oxygen atoms in total. The van der Waals surface area contributed by atoms with Gasteiger partial charge in [-0.3, -0.25) is 0 Å². The summed E-state index contributed by atoms with van der Waals surface area (Å²) < 4.78 is 5.58. The van der Waals surface area contributed by atoms with E-state index in [9.17, 15) is 0 Å². The molecule has 106 valence electrons. The first-order valence-electron chi connectivity index (χ1n) is 7.39. The molecular formula is C16H26N2O. The molecule has 0 saturated carbocycles. The fraction of sp³-hybridized carbons (Fsp3) is 0.625. The third-order valence-corrected chi connectivity index (χ3v) is 4.14. The molecule has 0 spiro atoms. The maximum absolute atomic E-state index is 5.92. The summed E-state index contributed by atoms with van der Waals surface area (Å²) in [5.41, 5.74) is 7.88. The van der Waals surface area contributed by atoms with E-state index in [1.54, 1.807) is 0 Å². The Morgan fingerprint density at radius 3 is 2.58 bits per heavy atom. The highest BCUT2D eigenvalue weighted by atomic mass is 16.5. The van der Waals surface area contributed by atoms with Crippen LogP contribution in [0.15, 0.2) is 18.2 Å². The van der Waals surface area contributed by atoms with Crippen LogP contribution in [0.25, 0.3) is 0 Å². The molecular weight excluding hydrogens is 236 g/mol. The Morgan fingerprint density at radius 2 is 2.00 bits per heavy atom. The predicted octanol–water partition coefficient (Wildman–Crippen LogP) is 3.54. The van der Waals surface area contributed by atoms with Gasteiger partial charge in [-0.1, -0.05) is 13.8 Å². The van der Waals surface area contributed by atoms with Crippen molar-refractivity contribution in [2.45, 2.75) is 33.6 Å². The molecule has 0 aromatic heterocycles. The lowest BCUT2D eigenvalue weighted by molar-refractivity contribution is 0.311.